The van der Waals surface area contributed by atoms with Crippen molar-refractivity contribution in [2.45, 2.75) is 45.5 Å². The van der Waals surface area contributed by atoms with Crippen LogP contribution < -0.4 is 0 Å². The van der Waals surface area contributed by atoms with E-state index >= 15 is 0 Å². The van der Waals surface area contributed by atoms with Crippen LogP contribution in [0.25, 0.3) is 0 Å². The van der Waals surface area contributed by atoms with Crippen LogP contribution in [0, 0.1) is 0 Å². The van der Waals surface area contributed by atoms with Gasteiger partial charge in [-0.2, -0.15) is 0 Å². The molecule has 20 heavy (non-hydrogen) atoms. The average Bonchev–Trinajstić information content (AvgIpc) is 2.84. The van der Waals surface area contributed by atoms with Crippen molar-refractivity contribution in [2.24, 2.45) is 0 Å². The molecule has 0 spiro atoms. The normalized spacial score (nSPS) is 19.1. The lowest BCUT2D eigenvalue weighted by atomic mass is 10.2. The van der Waals surface area contributed by atoms with Gasteiger partial charge in [0.2, 0.25) is 0 Å². The Labute approximate surface area is 119 Å². The van der Waals surface area contributed by atoms with E-state index in [2.05, 4.69) is 4.98 Å². The highest BCUT2D eigenvalue weighted by Crippen LogP contribution is 2.18. The van der Waals surface area contributed by atoms with Crippen molar-refractivity contribution in [3.8, 4) is 0 Å². The summed E-state index contributed by atoms with van der Waals surface area (Å²) in [7, 11) is 0. The molecule has 1 saturated heterocycles. The zero-order valence-electron chi connectivity index (χ0n) is 12.3. The quantitative estimate of drug-likeness (QED) is 0.853. The van der Waals surface area contributed by atoms with Gasteiger partial charge in [-0.05, 0) is 44.9 Å². The Balaban J connectivity index is 1.76. The van der Waals surface area contributed by atoms with Gasteiger partial charge in [-0.25, -0.2) is 4.79 Å². The Morgan fingerprint density at radius 1 is 1.40 bits per heavy atom. The minimum atomic E-state index is -0.451. The number of ether oxygens (including phenoxy) is 2. The molecule has 5 nitrogen and oxygen atoms in total. The third-order valence-electron chi connectivity index (χ3n) is 3.03. The second-order valence-electron chi connectivity index (χ2n) is 6.00. The van der Waals surface area contributed by atoms with E-state index in [1.54, 1.807) is 17.3 Å². The molecule has 0 aliphatic carbocycles. The summed E-state index contributed by atoms with van der Waals surface area (Å²) in [5, 5.41) is 0. The smallest absolute Gasteiger partial charge is 0.410 e. The SMILES string of the molecule is CC(C)(C)OC(=O)N1CC[C@H](OCc2ccncc2)C1. The highest BCUT2D eigenvalue weighted by atomic mass is 16.6. The molecule has 2 rings (SSSR count). The van der Waals surface area contributed by atoms with Crippen molar-refractivity contribution in [2.75, 3.05) is 13.1 Å². The molecule has 1 aromatic rings. The van der Waals surface area contributed by atoms with Gasteiger partial charge < -0.3 is 14.4 Å². The lowest BCUT2D eigenvalue weighted by molar-refractivity contribution is 0.0184. The van der Waals surface area contributed by atoms with E-state index in [1.807, 2.05) is 32.9 Å². The lowest BCUT2D eigenvalue weighted by Gasteiger charge is -2.24. The number of likely N-dealkylation sites (tertiary alicyclic amines) is 1. The lowest BCUT2D eigenvalue weighted by Crippen LogP contribution is -2.36. The van der Waals surface area contributed by atoms with Gasteiger partial charge in [0.15, 0.2) is 0 Å². The third-order valence-corrected chi connectivity index (χ3v) is 3.03. The van der Waals surface area contributed by atoms with Crippen LogP contribution in [0.3, 0.4) is 0 Å². The summed E-state index contributed by atoms with van der Waals surface area (Å²) in [6, 6.07) is 3.86. The summed E-state index contributed by atoms with van der Waals surface area (Å²) in [5.74, 6) is 0. The molecular formula is C15H22N2O3. The van der Waals surface area contributed by atoms with Crippen LogP contribution in [0.15, 0.2) is 24.5 Å². The van der Waals surface area contributed by atoms with Gasteiger partial charge in [0.05, 0.1) is 19.3 Å². The van der Waals surface area contributed by atoms with Gasteiger partial charge in [0, 0.05) is 18.9 Å². The first kappa shape index (κ1) is 14.8. The Morgan fingerprint density at radius 3 is 2.75 bits per heavy atom. The molecule has 1 amide bonds. The summed E-state index contributed by atoms with van der Waals surface area (Å²) in [4.78, 5) is 17.6. The predicted molar refractivity (Wildman–Crippen MR) is 75.2 cm³/mol. The van der Waals surface area contributed by atoms with E-state index in [-0.39, 0.29) is 12.2 Å². The number of pyridine rings is 1. The highest BCUT2D eigenvalue weighted by molar-refractivity contribution is 5.68. The summed E-state index contributed by atoms with van der Waals surface area (Å²) >= 11 is 0. The van der Waals surface area contributed by atoms with Crippen molar-refractivity contribution >= 4 is 6.09 Å². The molecule has 0 bridgehead atoms. The zero-order valence-corrected chi connectivity index (χ0v) is 12.3. The fourth-order valence-corrected chi connectivity index (χ4v) is 2.05. The molecule has 1 fully saturated rings. The number of rotatable bonds is 3. The van der Waals surface area contributed by atoms with Crippen molar-refractivity contribution in [3.63, 3.8) is 0 Å². The van der Waals surface area contributed by atoms with Gasteiger partial charge in [-0.15, -0.1) is 0 Å². The van der Waals surface area contributed by atoms with Crippen LogP contribution in [0.4, 0.5) is 4.79 Å². The van der Waals surface area contributed by atoms with Crippen LogP contribution in [0.5, 0.6) is 0 Å². The Morgan fingerprint density at radius 2 is 2.10 bits per heavy atom. The third kappa shape index (κ3) is 4.49. The maximum atomic E-state index is 11.9. The molecule has 0 unspecified atom stereocenters. The Hall–Kier alpha value is -1.62. The topological polar surface area (TPSA) is 51.7 Å². The van der Waals surface area contributed by atoms with E-state index in [1.165, 1.54) is 0 Å². The second-order valence-corrected chi connectivity index (χ2v) is 6.00. The van der Waals surface area contributed by atoms with E-state index in [4.69, 9.17) is 9.47 Å². The number of carbonyl (C=O) groups is 1. The monoisotopic (exact) mass is 278 g/mol. The standard InChI is InChI=1S/C15H22N2O3/c1-15(2,3)20-14(18)17-9-6-13(10-17)19-11-12-4-7-16-8-5-12/h4-5,7-8,13H,6,9-11H2,1-3H3/t13-/m0/s1. The highest BCUT2D eigenvalue weighted by Gasteiger charge is 2.30. The fraction of sp³-hybridized carbons (Fsp3) is 0.600. The first-order valence-corrected chi connectivity index (χ1v) is 6.92. The molecular weight excluding hydrogens is 256 g/mol. The molecule has 0 aromatic carbocycles. The Kier molecular flexibility index (Phi) is 4.60. The van der Waals surface area contributed by atoms with Crippen molar-refractivity contribution in [1.82, 2.24) is 9.88 Å². The first-order valence-electron chi connectivity index (χ1n) is 6.92. The van der Waals surface area contributed by atoms with E-state index in [0.29, 0.717) is 19.7 Å². The molecule has 1 aliphatic heterocycles. The zero-order chi connectivity index (χ0) is 14.6. The average molecular weight is 278 g/mol. The van der Waals surface area contributed by atoms with Crippen molar-refractivity contribution in [3.05, 3.63) is 30.1 Å². The number of nitrogens with zero attached hydrogens (tertiary/aromatic N) is 2. The summed E-state index contributed by atoms with van der Waals surface area (Å²) < 4.78 is 11.2. The Bertz CT molecular complexity index is 442. The second kappa shape index (κ2) is 6.22. The van der Waals surface area contributed by atoms with E-state index in [9.17, 15) is 4.79 Å². The minimum Gasteiger partial charge on any atom is -0.444 e. The maximum Gasteiger partial charge on any atom is 0.410 e. The molecule has 0 N–H and O–H groups in total. The summed E-state index contributed by atoms with van der Waals surface area (Å²) in [6.45, 7) is 7.46. The maximum absolute atomic E-state index is 11.9. The molecule has 0 radical (unpaired) electrons. The summed E-state index contributed by atoms with van der Waals surface area (Å²) in [6.07, 6.45) is 4.17. The van der Waals surface area contributed by atoms with Crippen LogP contribution in [-0.2, 0) is 16.1 Å². The first-order chi connectivity index (χ1) is 9.44. The fourth-order valence-electron chi connectivity index (χ4n) is 2.05. The predicted octanol–water partition coefficient (Wildman–Crippen LogP) is 2.61. The van der Waals surface area contributed by atoms with Gasteiger partial charge in [-0.3, -0.25) is 4.98 Å². The number of amides is 1. The summed E-state index contributed by atoms with van der Waals surface area (Å²) in [5.41, 5.74) is 0.642. The van der Waals surface area contributed by atoms with Crippen molar-refractivity contribution < 1.29 is 14.3 Å². The molecule has 1 atom stereocenters. The van der Waals surface area contributed by atoms with Gasteiger partial charge in [0.25, 0.3) is 0 Å². The minimum absolute atomic E-state index is 0.0793. The molecule has 0 saturated carbocycles. The van der Waals surface area contributed by atoms with E-state index < -0.39 is 5.60 Å². The molecule has 1 aromatic heterocycles. The van der Waals surface area contributed by atoms with Crippen LogP contribution >= 0.6 is 0 Å². The number of aromatic nitrogens is 1. The molecule has 1 aliphatic rings. The van der Waals surface area contributed by atoms with E-state index in [0.717, 1.165) is 12.0 Å². The van der Waals surface area contributed by atoms with Gasteiger partial charge >= 0.3 is 6.09 Å². The number of carbonyl (C=O) groups excluding carboxylic acids is 1. The van der Waals surface area contributed by atoms with Crippen LogP contribution in [-0.4, -0.2) is 40.8 Å². The molecule has 5 heteroatoms. The molecule has 2 heterocycles. The van der Waals surface area contributed by atoms with Crippen molar-refractivity contribution in [1.29, 1.82) is 0 Å². The van der Waals surface area contributed by atoms with Gasteiger partial charge in [0.1, 0.15) is 5.60 Å². The van der Waals surface area contributed by atoms with Crippen LogP contribution in [0.1, 0.15) is 32.8 Å². The largest absolute Gasteiger partial charge is 0.444 e. The number of hydrogen-bond donors (Lipinski definition) is 0. The molecule has 110 valence electrons. The van der Waals surface area contributed by atoms with Gasteiger partial charge in [-0.1, -0.05) is 0 Å². The van der Waals surface area contributed by atoms with Crippen LogP contribution in [0.2, 0.25) is 0 Å². The number of hydrogen-bond acceptors (Lipinski definition) is 4.